The molecule has 158 valence electrons. The van der Waals surface area contributed by atoms with E-state index in [-0.39, 0.29) is 28.4 Å². The molecule has 2 aromatic carbocycles. The van der Waals surface area contributed by atoms with Gasteiger partial charge in [-0.05, 0) is 23.8 Å². The topological polar surface area (TPSA) is 106 Å². The van der Waals surface area contributed by atoms with Crippen molar-refractivity contribution in [1.29, 1.82) is 5.26 Å². The SMILES string of the molecule is COC(=O)C1=C(C(=O)OC)N(c2ccc(S)cc2F)C(N)=C(C#N)C1c1ccccc1. The summed E-state index contributed by atoms with van der Waals surface area (Å²) in [4.78, 5) is 27.1. The summed E-state index contributed by atoms with van der Waals surface area (Å²) in [6.07, 6.45) is 0. The second-order valence-corrected chi connectivity index (χ2v) is 6.99. The molecule has 0 fully saturated rings. The number of hydrogen-bond acceptors (Lipinski definition) is 8. The summed E-state index contributed by atoms with van der Waals surface area (Å²) in [5, 5.41) is 9.91. The van der Waals surface area contributed by atoms with Gasteiger partial charge < -0.3 is 15.2 Å². The quantitative estimate of drug-likeness (QED) is 0.557. The van der Waals surface area contributed by atoms with Crippen LogP contribution in [0.25, 0.3) is 0 Å². The minimum atomic E-state index is -1.02. The Balaban J connectivity index is 2.43. The molecule has 0 bridgehead atoms. The largest absolute Gasteiger partial charge is 0.466 e. The zero-order valence-electron chi connectivity index (χ0n) is 16.6. The summed E-state index contributed by atoms with van der Waals surface area (Å²) in [6.45, 7) is 0. The van der Waals surface area contributed by atoms with Gasteiger partial charge in [0.1, 0.15) is 17.3 Å². The average molecular weight is 439 g/mol. The van der Waals surface area contributed by atoms with Crippen LogP contribution in [0.3, 0.4) is 0 Å². The molecule has 0 aliphatic carbocycles. The van der Waals surface area contributed by atoms with Crippen molar-refractivity contribution in [3.05, 3.63) is 82.6 Å². The molecule has 31 heavy (non-hydrogen) atoms. The minimum absolute atomic E-state index is 0.0476. The number of hydrogen-bond donors (Lipinski definition) is 2. The standard InChI is InChI=1S/C22H18FN3O4S/c1-29-21(27)18-17(12-6-4-3-5-7-12)14(11-24)20(25)26(19(18)22(28)30-2)16-9-8-13(31)10-15(16)23/h3-10,17,31H,25H2,1-2H3. The van der Waals surface area contributed by atoms with E-state index < -0.39 is 23.7 Å². The maximum Gasteiger partial charge on any atom is 0.355 e. The van der Waals surface area contributed by atoms with E-state index in [1.165, 1.54) is 12.1 Å². The first-order chi connectivity index (χ1) is 14.8. The molecule has 0 aromatic heterocycles. The molecule has 1 unspecified atom stereocenters. The van der Waals surface area contributed by atoms with Gasteiger partial charge in [0.05, 0.1) is 43.0 Å². The Morgan fingerprint density at radius 1 is 1.13 bits per heavy atom. The van der Waals surface area contributed by atoms with Gasteiger partial charge in [0, 0.05) is 4.90 Å². The van der Waals surface area contributed by atoms with E-state index in [9.17, 15) is 19.2 Å². The van der Waals surface area contributed by atoms with Crippen molar-refractivity contribution in [2.24, 2.45) is 5.73 Å². The molecule has 0 saturated heterocycles. The summed E-state index contributed by atoms with van der Waals surface area (Å²) in [5.74, 6) is -3.83. The minimum Gasteiger partial charge on any atom is -0.466 e. The number of nitriles is 1. The van der Waals surface area contributed by atoms with Crippen LogP contribution in [0.4, 0.5) is 10.1 Å². The fourth-order valence-electron chi connectivity index (χ4n) is 3.44. The number of benzene rings is 2. The second-order valence-electron chi connectivity index (χ2n) is 6.47. The van der Waals surface area contributed by atoms with Gasteiger partial charge in [0.2, 0.25) is 0 Å². The van der Waals surface area contributed by atoms with Crippen LogP contribution in [0.15, 0.2) is 76.1 Å². The molecule has 0 saturated carbocycles. The van der Waals surface area contributed by atoms with Gasteiger partial charge in [-0.25, -0.2) is 14.0 Å². The fraction of sp³-hybridized carbons (Fsp3) is 0.136. The van der Waals surface area contributed by atoms with Gasteiger partial charge in [-0.1, -0.05) is 30.3 Å². The number of methoxy groups -OCH3 is 2. The van der Waals surface area contributed by atoms with Crippen molar-refractivity contribution >= 4 is 30.3 Å². The van der Waals surface area contributed by atoms with E-state index in [4.69, 9.17) is 15.2 Å². The lowest BCUT2D eigenvalue weighted by atomic mass is 9.81. The maximum absolute atomic E-state index is 14.9. The molecule has 1 atom stereocenters. The van der Waals surface area contributed by atoms with Gasteiger partial charge in [-0.3, -0.25) is 4.90 Å². The summed E-state index contributed by atoms with van der Waals surface area (Å²) in [5.41, 5.74) is 6.07. The highest BCUT2D eigenvalue weighted by atomic mass is 32.1. The van der Waals surface area contributed by atoms with Crippen LogP contribution < -0.4 is 10.6 Å². The molecule has 0 spiro atoms. The third-order valence-electron chi connectivity index (χ3n) is 4.78. The zero-order valence-corrected chi connectivity index (χ0v) is 17.5. The van der Waals surface area contributed by atoms with Crippen molar-refractivity contribution in [3.63, 3.8) is 0 Å². The Labute approximate surface area is 183 Å². The average Bonchev–Trinajstić information content (AvgIpc) is 2.78. The Morgan fingerprint density at radius 3 is 2.32 bits per heavy atom. The fourth-order valence-corrected chi connectivity index (χ4v) is 3.63. The van der Waals surface area contributed by atoms with Gasteiger partial charge in [-0.15, -0.1) is 12.6 Å². The number of allylic oxidation sites excluding steroid dienone is 1. The van der Waals surface area contributed by atoms with E-state index in [1.807, 2.05) is 6.07 Å². The number of halogens is 1. The van der Waals surface area contributed by atoms with E-state index in [0.717, 1.165) is 25.2 Å². The Bertz CT molecular complexity index is 1160. The number of carbonyl (C=O) groups is 2. The van der Waals surface area contributed by atoms with Crippen LogP contribution >= 0.6 is 12.6 Å². The zero-order chi connectivity index (χ0) is 22.7. The van der Waals surface area contributed by atoms with Gasteiger partial charge in [0.15, 0.2) is 0 Å². The molecule has 1 aliphatic heterocycles. The number of carbonyl (C=O) groups excluding carboxylic acids is 2. The van der Waals surface area contributed by atoms with E-state index >= 15 is 0 Å². The van der Waals surface area contributed by atoms with Crippen LogP contribution in [0, 0.1) is 17.1 Å². The van der Waals surface area contributed by atoms with Crippen LogP contribution in [-0.2, 0) is 19.1 Å². The highest BCUT2D eigenvalue weighted by Crippen LogP contribution is 2.43. The first-order valence-corrected chi connectivity index (χ1v) is 9.44. The van der Waals surface area contributed by atoms with Crippen molar-refractivity contribution < 1.29 is 23.5 Å². The predicted octanol–water partition coefficient (Wildman–Crippen LogP) is 3.01. The van der Waals surface area contributed by atoms with Crippen molar-refractivity contribution in [2.45, 2.75) is 10.8 Å². The highest BCUT2D eigenvalue weighted by Gasteiger charge is 2.43. The first kappa shape index (κ1) is 21.9. The molecule has 9 heteroatoms. The molecular weight excluding hydrogens is 421 g/mol. The normalized spacial score (nSPS) is 16.1. The van der Waals surface area contributed by atoms with Crippen molar-refractivity contribution in [2.75, 3.05) is 19.1 Å². The molecule has 0 amide bonds. The number of esters is 2. The van der Waals surface area contributed by atoms with Crippen LogP contribution in [0.5, 0.6) is 0 Å². The van der Waals surface area contributed by atoms with Gasteiger partial charge >= 0.3 is 11.9 Å². The summed E-state index contributed by atoms with van der Waals surface area (Å²) in [6, 6.07) is 14.5. The molecule has 2 aromatic rings. The van der Waals surface area contributed by atoms with E-state index in [2.05, 4.69) is 12.6 Å². The maximum atomic E-state index is 14.9. The first-order valence-electron chi connectivity index (χ1n) is 8.99. The molecule has 1 aliphatic rings. The number of nitrogens with zero attached hydrogens (tertiary/aromatic N) is 2. The number of nitrogens with two attached hydrogens (primary N) is 1. The lowest BCUT2D eigenvalue weighted by Crippen LogP contribution is -2.41. The van der Waals surface area contributed by atoms with Crippen LogP contribution in [0.2, 0.25) is 0 Å². The molecule has 7 nitrogen and oxygen atoms in total. The Kier molecular flexibility index (Phi) is 6.32. The van der Waals surface area contributed by atoms with Crippen LogP contribution in [0.1, 0.15) is 11.5 Å². The smallest absolute Gasteiger partial charge is 0.355 e. The number of ether oxygens (including phenoxy) is 2. The van der Waals surface area contributed by atoms with Crippen LogP contribution in [-0.4, -0.2) is 26.2 Å². The summed E-state index contributed by atoms with van der Waals surface area (Å²) < 4.78 is 24.7. The number of anilines is 1. The molecule has 2 N–H and O–H groups in total. The number of rotatable bonds is 4. The predicted molar refractivity (Wildman–Crippen MR) is 113 cm³/mol. The Hall–Kier alpha value is -3.77. The van der Waals surface area contributed by atoms with Gasteiger partial charge in [0.25, 0.3) is 0 Å². The summed E-state index contributed by atoms with van der Waals surface area (Å²) in [7, 11) is 2.26. The second kappa shape index (κ2) is 8.93. The van der Waals surface area contributed by atoms with E-state index in [0.29, 0.717) is 10.5 Å². The molecule has 3 rings (SSSR count). The molecular formula is C22H18FN3O4S. The lowest BCUT2D eigenvalue weighted by Gasteiger charge is -2.36. The third kappa shape index (κ3) is 3.85. The molecule has 1 heterocycles. The monoisotopic (exact) mass is 439 g/mol. The number of thiol groups is 1. The van der Waals surface area contributed by atoms with Crippen molar-refractivity contribution in [3.8, 4) is 6.07 Å². The van der Waals surface area contributed by atoms with Gasteiger partial charge in [-0.2, -0.15) is 5.26 Å². The summed E-state index contributed by atoms with van der Waals surface area (Å²) >= 11 is 4.10. The molecule has 0 radical (unpaired) electrons. The highest BCUT2D eigenvalue weighted by molar-refractivity contribution is 7.80. The third-order valence-corrected chi connectivity index (χ3v) is 5.06. The van der Waals surface area contributed by atoms with E-state index in [1.54, 1.807) is 30.3 Å². The van der Waals surface area contributed by atoms with Crippen molar-refractivity contribution in [1.82, 2.24) is 0 Å². The lowest BCUT2D eigenvalue weighted by molar-refractivity contribution is -0.139. The Morgan fingerprint density at radius 2 is 1.77 bits per heavy atom.